The van der Waals surface area contributed by atoms with Crippen LogP contribution in [0.2, 0.25) is 0 Å². The molecular weight excluding hydrogens is 370 g/mol. The van der Waals surface area contributed by atoms with E-state index in [1.165, 1.54) is 54.7 Å². The maximum absolute atomic E-state index is 12.2. The van der Waals surface area contributed by atoms with E-state index in [2.05, 4.69) is 4.99 Å². The van der Waals surface area contributed by atoms with Crippen molar-refractivity contribution >= 4 is 23.6 Å². The first-order chi connectivity index (χ1) is 13.3. The molecule has 0 saturated carbocycles. The van der Waals surface area contributed by atoms with E-state index in [1.807, 2.05) is 0 Å². The van der Waals surface area contributed by atoms with Crippen LogP contribution in [0.15, 0.2) is 53.5 Å². The Morgan fingerprint density at radius 3 is 2.04 bits per heavy atom. The van der Waals surface area contributed by atoms with Crippen LogP contribution < -0.4 is 0 Å². The van der Waals surface area contributed by atoms with E-state index in [4.69, 9.17) is 4.74 Å². The molecule has 2 aromatic carbocycles. The molecule has 0 aliphatic rings. The van der Waals surface area contributed by atoms with E-state index in [-0.39, 0.29) is 23.5 Å². The van der Waals surface area contributed by atoms with Crippen molar-refractivity contribution in [3.8, 4) is 0 Å². The first-order valence-electron chi connectivity index (χ1n) is 8.20. The standard InChI is InChI=1S/C18H17N3O7/c1-2-28-18(23)16(17(22)13-5-9-15(10-6-13)21(26)27)19-11-12-3-7-14(8-4-12)20(24)25/h3-11,16-17,22H,2H2,1H3/t16-,17-/m1/s1. The van der Waals surface area contributed by atoms with Crippen LogP contribution in [0.1, 0.15) is 24.2 Å². The lowest BCUT2D eigenvalue weighted by molar-refractivity contribution is -0.385. The topological polar surface area (TPSA) is 145 Å². The van der Waals surface area contributed by atoms with Crippen LogP contribution in [0.5, 0.6) is 0 Å². The van der Waals surface area contributed by atoms with Crippen LogP contribution in [0.4, 0.5) is 11.4 Å². The predicted molar refractivity (Wildman–Crippen MR) is 99.2 cm³/mol. The Bertz CT molecular complexity index is 879. The number of nitro benzene ring substituents is 2. The third kappa shape index (κ3) is 5.17. The van der Waals surface area contributed by atoms with Gasteiger partial charge >= 0.3 is 5.97 Å². The molecule has 0 spiro atoms. The van der Waals surface area contributed by atoms with Gasteiger partial charge in [0.1, 0.15) is 6.10 Å². The molecule has 0 unspecified atom stereocenters. The number of nitrogens with zero attached hydrogens (tertiary/aromatic N) is 3. The number of aliphatic hydroxyl groups is 1. The summed E-state index contributed by atoms with van der Waals surface area (Å²) in [4.78, 5) is 36.6. The van der Waals surface area contributed by atoms with Crippen molar-refractivity contribution in [1.82, 2.24) is 0 Å². The summed E-state index contributed by atoms with van der Waals surface area (Å²) in [6.45, 7) is 1.68. The summed E-state index contributed by atoms with van der Waals surface area (Å²) < 4.78 is 4.94. The van der Waals surface area contributed by atoms with Gasteiger partial charge in [-0.25, -0.2) is 4.79 Å². The van der Waals surface area contributed by atoms with Crippen LogP contribution in [-0.2, 0) is 9.53 Å². The molecule has 0 fully saturated rings. The number of ether oxygens (including phenoxy) is 1. The van der Waals surface area contributed by atoms with Crippen molar-refractivity contribution in [2.75, 3.05) is 6.61 Å². The Hall–Kier alpha value is -3.66. The number of non-ortho nitro benzene ring substituents is 2. The highest BCUT2D eigenvalue weighted by molar-refractivity contribution is 5.84. The highest BCUT2D eigenvalue weighted by Gasteiger charge is 2.29. The number of hydrogen-bond acceptors (Lipinski definition) is 8. The van der Waals surface area contributed by atoms with E-state index >= 15 is 0 Å². The molecule has 0 saturated heterocycles. The fourth-order valence-electron chi connectivity index (χ4n) is 2.32. The summed E-state index contributed by atoms with van der Waals surface area (Å²) in [6.07, 6.45) is -0.103. The summed E-state index contributed by atoms with van der Waals surface area (Å²) in [5.41, 5.74) is 0.489. The number of carbonyl (C=O) groups excluding carboxylic acids is 1. The smallest absolute Gasteiger partial charge is 0.333 e. The first kappa shape index (κ1) is 20.6. The SMILES string of the molecule is CCOC(=O)[C@H](N=Cc1ccc([N+](=O)[O-])cc1)[C@H](O)c1ccc([N+](=O)[O-])cc1. The minimum absolute atomic E-state index is 0.0787. The fourth-order valence-corrected chi connectivity index (χ4v) is 2.32. The molecule has 2 atom stereocenters. The van der Waals surface area contributed by atoms with Gasteiger partial charge < -0.3 is 9.84 Å². The molecule has 0 radical (unpaired) electrons. The van der Waals surface area contributed by atoms with Gasteiger partial charge in [-0.1, -0.05) is 0 Å². The summed E-state index contributed by atoms with van der Waals surface area (Å²) in [5.74, 6) is -0.772. The number of carbonyl (C=O) groups is 1. The highest BCUT2D eigenvalue weighted by Crippen LogP contribution is 2.23. The van der Waals surface area contributed by atoms with Crippen molar-refractivity contribution in [2.24, 2.45) is 4.99 Å². The van der Waals surface area contributed by atoms with Crippen molar-refractivity contribution in [1.29, 1.82) is 0 Å². The lowest BCUT2D eigenvalue weighted by atomic mass is 10.0. The van der Waals surface area contributed by atoms with E-state index in [9.17, 15) is 30.1 Å². The molecule has 0 aliphatic carbocycles. The maximum Gasteiger partial charge on any atom is 0.333 e. The monoisotopic (exact) mass is 387 g/mol. The normalized spacial score (nSPS) is 13.1. The molecule has 1 N–H and O–H groups in total. The van der Waals surface area contributed by atoms with Gasteiger partial charge in [0, 0.05) is 30.5 Å². The van der Waals surface area contributed by atoms with Gasteiger partial charge in [0.2, 0.25) is 0 Å². The van der Waals surface area contributed by atoms with Crippen LogP contribution in [-0.4, -0.2) is 39.8 Å². The maximum atomic E-state index is 12.2. The number of esters is 1. The Kier molecular flexibility index (Phi) is 6.88. The average Bonchev–Trinajstić information content (AvgIpc) is 2.68. The third-order valence-electron chi connectivity index (χ3n) is 3.76. The Morgan fingerprint density at radius 2 is 1.57 bits per heavy atom. The van der Waals surface area contributed by atoms with Crippen molar-refractivity contribution in [3.05, 3.63) is 79.9 Å². The molecule has 2 aromatic rings. The molecule has 28 heavy (non-hydrogen) atoms. The Labute approximate surface area is 159 Å². The summed E-state index contributed by atoms with van der Waals surface area (Å²) in [7, 11) is 0. The molecular formula is C18H17N3O7. The summed E-state index contributed by atoms with van der Waals surface area (Å²) >= 11 is 0. The number of rotatable bonds is 8. The van der Waals surface area contributed by atoms with Gasteiger partial charge in [0.25, 0.3) is 11.4 Å². The van der Waals surface area contributed by atoms with Gasteiger partial charge in [-0.05, 0) is 42.3 Å². The average molecular weight is 387 g/mol. The first-order valence-corrected chi connectivity index (χ1v) is 8.20. The van der Waals surface area contributed by atoms with Crippen molar-refractivity contribution < 1.29 is 24.5 Å². The van der Waals surface area contributed by atoms with E-state index in [0.29, 0.717) is 5.56 Å². The molecule has 0 aromatic heterocycles. The van der Waals surface area contributed by atoms with Crippen LogP contribution in [0.25, 0.3) is 0 Å². The summed E-state index contributed by atoms with van der Waals surface area (Å²) in [5, 5.41) is 32.0. The second kappa shape index (κ2) is 9.33. The Morgan fingerprint density at radius 1 is 1.07 bits per heavy atom. The lowest BCUT2D eigenvalue weighted by Gasteiger charge is -2.18. The minimum atomic E-state index is -1.39. The number of benzene rings is 2. The second-order valence-electron chi connectivity index (χ2n) is 5.62. The molecule has 0 aliphatic heterocycles. The fraction of sp³-hybridized carbons (Fsp3) is 0.222. The lowest BCUT2D eigenvalue weighted by Crippen LogP contribution is -2.28. The third-order valence-corrected chi connectivity index (χ3v) is 3.76. The van der Waals surface area contributed by atoms with Gasteiger partial charge in [-0.2, -0.15) is 0 Å². The zero-order valence-electron chi connectivity index (χ0n) is 14.8. The van der Waals surface area contributed by atoms with Crippen LogP contribution in [0, 0.1) is 20.2 Å². The van der Waals surface area contributed by atoms with Crippen LogP contribution in [0.3, 0.4) is 0 Å². The zero-order chi connectivity index (χ0) is 20.7. The second-order valence-corrected chi connectivity index (χ2v) is 5.62. The van der Waals surface area contributed by atoms with Gasteiger partial charge in [0.15, 0.2) is 6.04 Å². The van der Waals surface area contributed by atoms with Gasteiger partial charge in [0.05, 0.1) is 16.5 Å². The number of aliphatic hydroxyl groups excluding tert-OH is 1. The molecule has 0 heterocycles. The molecule has 0 bridgehead atoms. The van der Waals surface area contributed by atoms with E-state index in [0.717, 1.165) is 0 Å². The molecule has 146 valence electrons. The quantitative estimate of drug-likeness (QED) is 0.317. The number of nitro groups is 2. The minimum Gasteiger partial charge on any atom is -0.464 e. The molecule has 10 heteroatoms. The van der Waals surface area contributed by atoms with E-state index < -0.39 is 28.0 Å². The molecule has 0 amide bonds. The van der Waals surface area contributed by atoms with Crippen molar-refractivity contribution in [3.63, 3.8) is 0 Å². The summed E-state index contributed by atoms with van der Waals surface area (Å²) in [6, 6.07) is 9.23. The predicted octanol–water partition coefficient (Wildman–Crippen LogP) is 2.59. The highest BCUT2D eigenvalue weighted by atomic mass is 16.6. The molecule has 2 rings (SSSR count). The largest absolute Gasteiger partial charge is 0.464 e. The van der Waals surface area contributed by atoms with Gasteiger partial charge in [-0.3, -0.25) is 25.2 Å². The molecule has 10 nitrogen and oxygen atoms in total. The van der Waals surface area contributed by atoms with Gasteiger partial charge in [-0.15, -0.1) is 0 Å². The zero-order valence-corrected chi connectivity index (χ0v) is 14.8. The van der Waals surface area contributed by atoms with Crippen molar-refractivity contribution in [2.45, 2.75) is 19.1 Å². The number of aliphatic imine (C=N–C) groups is 1. The van der Waals surface area contributed by atoms with E-state index in [1.54, 1.807) is 6.92 Å². The Balaban J connectivity index is 2.26. The number of hydrogen-bond donors (Lipinski definition) is 1. The van der Waals surface area contributed by atoms with Crippen LogP contribution >= 0.6 is 0 Å².